The number of ether oxygens (including phenoxy) is 4. The number of methoxy groups -OCH3 is 1. The second-order valence-corrected chi connectivity index (χ2v) is 9.33. The molecular weight excluding hydrogens is 461 g/mol. The quantitative estimate of drug-likeness (QED) is 0.484. The van der Waals surface area contributed by atoms with Crippen molar-refractivity contribution < 1.29 is 23.7 Å². The zero-order valence-corrected chi connectivity index (χ0v) is 17.5. The van der Waals surface area contributed by atoms with Crippen LogP contribution in [0.5, 0.6) is 5.75 Å². The van der Waals surface area contributed by atoms with Gasteiger partial charge in [0.15, 0.2) is 11.9 Å². The molecule has 5 atom stereocenters. The molecule has 0 unspecified atom stereocenters. The number of nitrogens with zero attached hydrogens (tertiary/aromatic N) is 1. The van der Waals surface area contributed by atoms with Crippen LogP contribution in [0.4, 0.5) is 4.79 Å². The molecule has 1 spiro atoms. The number of hydrogen-bond donors (Lipinski definition) is 0. The summed E-state index contributed by atoms with van der Waals surface area (Å²) in [4.78, 5) is 14.4. The van der Waals surface area contributed by atoms with Crippen LogP contribution in [0.25, 0.3) is 0 Å². The molecule has 0 bridgehead atoms. The van der Waals surface area contributed by atoms with Gasteiger partial charge in [-0.2, -0.15) is 0 Å². The molecule has 2 heterocycles. The molecular formula is C20H24INO5. The Balaban J connectivity index is 1.34. The van der Waals surface area contributed by atoms with Crippen LogP contribution in [0.1, 0.15) is 37.7 Å². The largest absolute Gasteiger partial charge is 0.497 e. The molecule has 0 radical (unpaired) electrons. The molecule has 1 amide bonds. The topological polar surface area (TPSA) is 57.2 Å². The van der Waals surface area contributed by atoms with Crippen molar-refractivity contribution >= 4 is 28.7 Å². The van der Waals surface area contributed by atoms with Crippen LogP contribution in [0.15, 0.2) is 24.3 Å². The number of rotatable bonds is 3. The third-order valence-corrected chi connectivity index (χ3v) is 7.73. The zero-order chi connectivity index (χ0) is 18.6. The van der Waals surface area contributed by atoms with E-state index in [-0.39, 0.29) is 34.4 Å². The molecule has 4 aliphatic rings. The molecule has 4 fully saturated rings. The Labute approximate surface area is 172 Å². The van der Waals surface area contributed by atoms with Crippen molar-refractivity contribution in [2.45, 2.75) is 72.7 Å². The van der Waals surface area contributed by atoms with Crippen molar-refractivity contribution in [3.05, 3.63) is 29.8 Å². The van der Waals surface area contributed by atoms with Gasteiger partial charge in [-0.05, 0) is 30.5 Å². The molecule has 2 saturated heterocycles. The third kappa shape index (κ3) is 2.93. The molecule has 146 valence electrons. The van der Waals surface area contributed by atoms with Crippen molar-refractivity contribution in [2.24, 2.45) is 0 Å². The van der Waals surface area contributed by atoms with Crippen molar-refractivity contribution in [2.75, 3.05) is 7.11 Å². The maximum atomic E-state index is 12.6. The molecule has 2 aliphatic heterocycles. The van der Waals surface area contributed by atoms with E-state index >= 15 is 0 Å². The average Bonchev–Trinajstić information content (AvgIpc) is 3.28. The Morgan fingerprint density at radius 3 is 2.52 bits per heavy atom. The van der Waals surface area contributed by atoms with Crippen LogP contribution in [0, 0.1) is 0 Å². The maximum Gasteiger partial charge on any atom is 0.410 e. The van der Waals surface area contributed by atoms with E-state index in [0.717, 1.165) is 37.0 Å². The van der Waals surface area contributed by atoms with Gasteiger partial charge in [-0.15, -0.1) is 0 Å². The highest BCUT2D eigenvalue weighted by molar-refractivity contribution is 14.1. The van der Waals surface area contributed by atoms with Gasteiger partial charge in [0.25, 0.3) is 0 Å². The first-order valence-electron chi connectivity index (χ1n) is 9.70. The van der Waals surface area contributed by atoms with Crippen molar-refractivity contribution in [3.63, 3.8) is 0 Å². The smallest absolute Gasteiger partial charge is 0.410 e. The maximum absolute atomic E-state index is 12.6. The summed E-state index contributed by atoms with van der Waals surface area (Å²) in [5.41, 5.74) is 1.06. The van der Waals surface area contributed by atoms with Gasteiger partial charge in [-0.3, -0.25) is 4.90 Å². The lowest BCUT2D eigenvalue weighted by atomic mass is 9.94. The van der Waals surface area contributed by atoms with Gasteiger partial charge < -0.3 is 18.9 Å². The van der Waals surface area contributed by atoms with E-state index in [0.29, 0.717) is 6.54 Å². The number of benzene rings is 1. The van der Waals surface area contributed by atoms with Gasteiger partial charge in [-0.25, -0.2) is 4.79 Å². The lowest BCUT2D eigenvalue weighted by Gasteiger charge is -2.34. The summed E-state index contributed by atoms with van der Waals surface area (Å²) >= 11 is 2.43. The highest BCUT2D eigenvalue weighted by Gasteiger charge is 2.66. The molecule has 6 nitrogen and oxygen atoms in total. The van der Waals surface area contributed by atoms with Gasteiger partial charge in [0, 0.05) is 19.4 Å². The molecule has 0 N–H and O–H groups in total. The monoisotopic (exact) mass is 485 g/mol. The summed E-state index contributed by atoms with van der Waals surface area (Å²) < 4.78 is 24.0. The fraction of sp³-hybridized carbons (Fsp3) is 0.650. The van der Waals surface area contributed by atoms with Crippen molar-refractivity contribution in [1.82, 2.24) is 4.90 Å². The Bertz CT molecular complexity index is 720. The minimum Gasteiger partial charge on any atom is -0.497 e. The fourth-order valence-corrected chi connectivity index (χ4v) is 6.30. The highest BCUT2D eigenvalue weighted by atomic mass is 127. The predicted octanol–water partition coefficient (Wildman–Crippen LogP) is 3.65. The number of alkyl halides is 1. The van der Waals surface area contributed by atoms with E-state index in [2.05, 4.69) is 22.6 Å². The van der Waals surface area contributed by atoms with Crippen molar-refractivity contribution in [1.29, 1.82) is 0 Å². The van der Waals surface area contributed by atoms with Gasteiger partial charge in [0.05, 0.1) is 17.1 Å². The Morgan fingerprint density at radius 2 is 1.81 bits per heavy atom. The van der Waals surface area contributed by atoms with Crippen LogP contribution in [0.3, 0.4) is 0 Å². The Kier molecular flexibility index (Phi) is 4.52. The zero-order valence-electron chi connectivity index (χ0n) is 15.3. The van der Waals surface area contributed by atoms with E-state index in [9.17, 15) is 4.79 Å². The summed E-state index contributed by atoms with van der Waals surface area (Å²) in [6, 6.07) is 7.79. The van der Waals surface area contributed by atoms with Gasteiger partial charge in [0.2, 0.25) is 0 Å². The summed E-state index contributed by atoms with van der Waals surface area (Å²) in [5.74, 6) is 0.361. The van der Waals surface area contributed by atoms with E-state index in [4.69, 9.17) is 18.9 Å². The van der Waals surface area contributed by atoms with Crippen LogP contribution < -0.4 is 4.74 Å². The van der Waals surface area contributed by atoms with Gasteiger partial charge in [0.1, 0.15) is 18.0 Å². The third-order valence-electron chi connectivity index (χ3n) is 6.28. The number of fused-ring (bicyclic) bond motifs is 3. The Morgan fingerprint density at radius 1 is 1.11 bits per heavy atom. The lowest BCUT2D eigenvalue weighted by molar-refractivity contribution is -0.204. The molecule has 1 aromatic carbocycles. The van der Waals surface area contributed by atoms with Crippen LogP contribution >= 0.6 is 22.6 Å². The van der Waals surface area contributed by atoms with E-state index in [1.807, 2.05) is 29.2 Å². The number of amides is 1. The molecule has 7 heteroatoms. The summed E-state index contributed by atoms with van der Waals surface area (Å²) in [6.07, 6.45) is 4.76. The summed E-state index contributed by atoms with van der Waals surface area (Å²) in [5, 5.41) is 0. The van der Waals surface area contributed by atoms with Crippen LogP contribution in [0.2, 0.25) is 0 Å². The van der Waals surface area contributed by atoms with Gasteiger partial charge in [-0.1, -0.05) is 41.1 Å². The molecule has 0 aromatic heterocycles. The van der Waals surface area contributed by atoms with Gasteiger partial charge >= 0.3 is 6.09 Å². The van der Waals surface area contributed by atoms with Crippen molar-refractivity contribution in [3.8, 4) is 5.75 Å². The van der Waals surface area contributed by atoms with Crippen LogP contribution in [-0.4, -0.2) is 52.2 Å². The number of hydrogen-bond acceptors (Lipinski definition) is 5. The second kappa shape index (κ2) is 6.77. The molecule has 5 rings (SSSR count). The second-order valence-electron chi connectivity index (χ2n) is 7.90. The van der Waals surface area contributed by atoms with E-state index in [1.165, 1.54) is 6.42 Å². The predicted molar refractivity (Wildman–Crippen MR) is 106 cm³/mol. The molecule has 2 aliphatic carbocycles. The molecule has 1 aromatic rings. The molecule has 27 heavy (non-hydrogen) atoms. The van der Waals surface area contributed by atoms with Crippen LogP contribution in [-0.2, 0) is 20.8 Å². The molecule has 2 saturated carbocycles. The number of carbonyl (C=O) groups is 1. The fourth-order valence-electron chi connectivity index (χ4n) is 4.94. The lowest BCUT2D eigenvalue weighted by Crippen LogP contribution is -2.44. The SMILES string of the molecule is COc1ccc(CN2C(=O)O[C@H]3[C@H]4OC5(CCCCC5)O[C@H]4[C@H](I)[C@H]32)cc1. The first-order chi connectivity index (χ1) is 13.1. The summed E-state index contributed by atoms with van der Waals surface area (Å²) in [6.45, 7) is 0.522. The van der Waals surface area contributed by atoms with E-state index < -0.39 is 5.79 Å². The average molecular weight is 485 g/mol. The Hall–Kier alpha value is -1.06. The minimum atomic E-state index is -0.447. The first kappa shape index (κ1) is 18.0. The minimum absolute atomic E-state index is 0.00910. The van der Waals surface area contributed by atoms with E-state index in [1.54, 1.807) is 7.11 Å². The number of halogens is 1. The first-order valence-corrected chi connectivity index (χ1v) is 10.9. The normalized spacial score (nSPS) is 36.6. The summed E-state index contributed by atoms with van der Waals surface area (Å²) in [7, 11) is 1.65. The highest BCUT2D eigenvalue weighted by Crippen LogP contribution is 2.51. The number of carbonyl (C=O) groups excluding carboxylic acids is 1. The standard InChI is InChI=1S/C20H24INO5/c1-24-13-7-5-12(6-8-13)11-22-15-14(21)16-18(17(15)25-19(22)23)27-20(26-16)9-3-2-4-10-20/h5-8,14-18H,2-4,9-11H2,1H3/t14-,15-,16+,17-,18+/m1/s1.